The van der Waals surface area contributed by atoms with E-state index in [4.69, 9.17) is 10.00 Å². The second kappa shape index (κ2) is 5.36. The minimum atomic E-state index is -0.284. The Hall–Kier alpha value is -1.01. The normalized spacial score (nSPS) is 13.9. The van der Waals surface area contributed by atoms with Gasteiger partial charge < -0.3 is 4.74 Å². The maximum absolute atomic E-state index is 9.13. The molecule has 0 saturated heterocycles. The summed E-state index contributed by atoms with van der Waals surface area (Å²) < 4.78 is 6.11. The maximum Gasteiger partial charge on any atom is 0.133 e. The average Bonchev–Trinajstić information content (AvgIpc) is 2.29. The fourth-order valence-electron chi connectivity index (χ4n) is 1.51. The van der Waals surface area contributed by atoms with E-state index in [9.17, 15) is 0 Å². The molecule has 0 aliphatic carbocycles. The smallest absolute Gasteiger partial charge is 0.133 e. The van der Waals surface area contributed by atoms with Crippen molar-refractivity contribution in [1.82, 2.24) is 0 Å². The van der Waals surface area contributed by atoms with E-state index in [0.29, 0.717) is 0 Å². The number of halogens is 1. The monoisotopic (exact) mass is 281 g/mol. The zero-order valence-electron chi connectivity index (χ0n) is 9.88. The summed E-state index contributed by atoms with van der Waals surface area (Å²) in [6.45, 7) is 4.03. The average molecular weight is 282 g/mol. The molecule has 0 N–H and O–H groups in total. The van der Waals surface area contributed by atoms with Gasteiger partial charge in [-0.05, 0) is 53.4 Å². The Kier molecular flexibility index (Phi) is 4.37. The molecule has 0 saturated carbocycles. The lowest BCUT2D eigenvalue weighted by atomic mass is 9.83. The minimum absolute atomic E-state index is 0.284. The summed E-state index contributed by atoms with van der Waals surface area (Å²) in [7, 11) is 1.64. The molecule has 0 heterocycles. The summed E-state index contributed by atoms with van der Waals surface area (Å²) in [6, 6.07) is 8.33. The van der Waals surface area contributed by atoms with Gasteiger partial charge in [-0.2, -0.15) is 5.26 Å². The molecule has 0 bridgehead atoms. The van der Waals surface area contributed by atoms with Gasteiger partial charge in [0.1, 0.15) is 5.75 Å². The molecule has 0 fully saturated rings. The standard InChI is InChI=1S/C13H16BrNO/c1-4-13(2,9-15)8-10-5-6-12(16-3)11(14)7-10/h5-7H,4,8H2,1-3H3. The van der Waals surface area contributed by atoms with Crippen LogP contribution in [0.4, 0.5) is 0 Å². The first-order chi connectivity index (χ1) is 7.54. The Morgan fingerprint density at radius 1 is 1.50 bits per heavy atom. The Bertz CT molecular complexity index is 411. The fourth-order valence-corrected chi connectivity index (χ4v) is 2.10. The van der Waals surface area contributed by atoms with Crippen LogP contribution in [0.1, 0.15) is 25.8 Å². The topological polar surface area (TPSA) is 33.0 Å². The van der Waals surface area contributed by atoms with E-state index in [0.717, 1.165) is 28.6 Å². The maximum atomic E-state index is 9.13. The molecule has 1 atom stereocenters. The molecular weight excluding hydrogens is 266 g/mol. The Labute approximate surface area is 105 Å². The van der Waals surface area contributed by atoms with Crippen LogP contribution in [-0.4, -0.2) is 7.11 Å². The van der Waals surface area contributed by atoms with Gasteiger partial charge in [0.25, 0.3) is 0 Å². The number of methoxy groups -OCH3 is 1. The van der Waals surface area contributed by atoms with E-state index in [1.807, 2.05) is 32.0 Å². The van der Waals surface area contributed by atoms with Crippen molar-refractivity contribution in [1.29, 1.82) is 5.26 Å². The number of hydrogen-bond acceptors (Lipinski definition) is 2. The van der Waals surface area contributed by atoms with Crippen molar-refractivity contribution in [2.45, 2.75) is 26.7 Å². The third-order valence-corrected chi connectivity index (χ3v) is 3.48. The van der Waals surface area contributed by atoms with Crippen molar-refractivity contribution in [3.05, 3.63) is 28.2 Å². The van der Waals surface area contributed by atoms with E-state index in [-0.39, 0.29) is 5.41 Å². The number of ether oxygens (including phenoxy) is 1. The van der Waals surface area contributed by atoms with Gasteiger partial charge >= 0.3 is 0 Å². The van der Waals surface area contributed by atoms with E-state index < -0.39 is 0 Å². The van der Waals surface area contributed by atoms with Crippen molar-refractivity contribution >= 4 is 15.9 Å². The van der Waals surface area contributed by atoms with Crippen LogP contribution in [0.3, 0.4) is 0 Å². The highest BCUT2D eigenvalue weighted by Crippen LogP contribution is 2.30. The van der Waals surface area contributed by atoms with Gasteiger partial charge in [0.05, 0.1) is 23.1 Å². The predicted molar refractivity (Wildman–Crippen MR) is 68.4 cm³/mol. The lowest BCUT2D eigenvalue weighted by Gasteiger charge is -2.19. The van der Waals surface area contributed by atoms with Crippen molar-refractivity contribution in [3.63, 3.8) is 0 Å². The van der Waals surface area contributed by atoms with Crippen molar-refractivity contribution < 1.29 is 4.74 Å². The van der Waals surface area contributed by atoms with Crippen LogP contribution in [0, 0.1) is 16.7 Å². The quantitative estimate of drug-likeness (QED) is 0.838. The van der Waals surface area contributed by atoms with Crippen LogP contribution in [0.25, 0.3) is 0 Å². The van der Waals surface area contributed by atoms with Gasteiger partial charge in [-0.1, -0.05) is 13.0 Å². The fraction of sp³-hybridized carbons (Fsp3) is 0.462. The molecule has 2 nitrogen and oxygen atoms in total. The highest BCUT2D eigenvalue weighted by Gasteiger charge is 2.22. The van der Waals surface area contributed by atoms with Crippen LogP contribution in [0.2, 0.25) is 0 Å². The predicted octanol–water partition coefficient (Wildman–Crippen LogP) is 3.94. The number of hydrogen-bond donors (Lipinski definition) is 0. The van der Waals surface area contributed by atoms with Crippen LogP contribution in [0.5, 0.6) is 5.75 Å². The Morgan fingerprint density at radius 2 is 2.19 bits per heavy atom. The summed E-state index contributed by atoms with van der Waals surface area (Å²) >= 11 is 3.45. The summed E-state index contributed by atoms with van der Waals surface area (Å²) in [5, 5.41) is 9.13. The molecule has 0 aliphatic heterocycles. The number of rotatable bonds is 4. The van der Waals surface area contributed by atoms with Crippen LogP contribution in [0.15, 0.2) is 22.7 Å². The first-order valence-electron chi connectivity index (χ1n) is 5.28. The Balaban J connectivity index is 2.91. The van der Waals surface area contributed by atoms with Gasteiger partial charge in [0, 0.05) is 0 Å². The van der Waals surface area contributed by atoms with Gasteiger partial charge in [-0.3, -0.25) is 0 Å². The summed E-state index contributed by atoms with van der Waals surface area (Å²) in [4.78, 5) is 0. The van der Waals surface area contributed by atoms with Gasteiger partial charge in [-0.25, -0.2) is 0 Å². The van der Waals surface area contributed by atoms with E-state index in [1.165, 1.54) is 0 Å². The summed E-state index contributed by atoms with van der Waals surface area (Å²) in [6.07, 6.45) is 1.62. The first-order valence-corrected chi connectivity index (χ1v) is 6.07. The molecule has 16 heavy (non-hydrogen) atoms. The summed E-state index contributed by atoms with van der Waals surface area (Å²) in [5.74, 6) is 0.818. The van der Waals surface area contributed by atoms with E-state index >= 15 is 0 Å². The molecule has 1 unspecified atom stereocenters. The van der Waals surface area contributed by atoms with Gasteiger partial charge in [0.15, 0.2) is 0 Å². The third kappa shape index (κ3) is 2.99. The molecule has 0 aromatic heterocycles. The van der Waals surface area contributed by atoms with Crippen LogP contribution < -0.4 is 4.74 Å². The third-order valence-electron chi connectivity index (χ3n) is 2.86. The highest BCUT2D eigenvalue weighted by atomic mass is 79.9. The molecule has 1 rings (SSSR count). The number of nitriles is 1. The Morgan fingerprint density at radius 3 is 2.62 bits per heavy atom. The largest absolute Gasteiger partial charge is 0.496 e. The SMILES string of the molecule is CCC(C)(C#N)Cc1ccc(OC)c(Br)c1. The van der Waals surface area contributed by atoms with Crippen molar-refractivity contribution in [3.8, 4) is 11.8 Å². The minimum Gasteiger partial charge on any atom is -0.496 e. The molecule has 0 amide bonds. The molecule has 0 aliphatic rings. The summed E-state index contributed by atoms with van der Waals surface area (Å²) in [5.41, 5.74) is 0.868. The van der Waals surface area contributed by atoms with Crippen molar-refractivity contribution in [2.75, 3.05) is 7.11 Å². The number of nitrogens with zero attached hydrogens (tertiary/aromatic N) is 1. The first kappa shape index (κ1) is 13.1. The molecule has 0 radical (unpaired) electrons. The van der Waals surface area contributed by atoms with Gasteiger partial charge in [-0.15, -0.1) is 0 Å². The zero-order valence-corrected chi connectivity index (χ0v) is 11.5. The number of benzene rings is 1. The van der Waals surface area contributed by atoms with E-state index in [1.54, 1.807) is 7.11 Å². The lowest BCUT2D eigenvalue weighted by molar-refractivity contribution is 0.409. The van der Waals surface area contributed by atoms with Crippen molar-refractivity contribution in [2.24, 2.45) is 5.41 Å². The van der Waals surface area contributed by atoms with Crippen LogP contribution >= 0.6 is 15.9 Å². The molecule has 1 aromatic rings. The van der Waals surface area contributed by atoms with Crippen LogP contribution in [-0.2, 0) is 6.42 Å². The molecule has 1 aromatic carbocycles. The molecular formula is C13H16BrNO. The zero-order chi connectivity index (χ0) is 12.2. The second-order valence-electron chi connectivity index (χ2n) is 4.17. The van der Waals surface area contributed by atoms with E-state index in [2.05, 4.69) is 22.0 Å². The highest BCUT2D eigenvalue weighted by molar-refractivity contribution is 9.10. The molecule has 86 valence electrons. The second-order valence-corrected chi connectivity index (χ2v) is 5.03. The molecule has 0 spiro atoms. The van der Waals surface area contributed by atoms with Gasteiger partial charge in [0.2, 0.25) is 0 Å². The molecule has 3 heteroatoms. The lowest BCUT2D eigenvalue weighted by Crippen LogP contribution is -2.15.